The largest absolute Gasteiger partial charge is 0.462 e. The van der Waals surface area contributed by atoms with Crippen molar-refractivity contribution in [2.45, 2.75) is 112 Å². The van der Waals surface area contributed by atoms with Crippen molar-refractivity contribution in [3.05, 3.63) is 11.1 Å². The van der Waals surface area contributed by atoms with E-state index >= 15 is 0 Å². The van der Waals surface area contributed by atoms with Crippen molar-refractivity contribution in [1.29, 1.82) is 0 Å². The Kier molecular flexibility index (Phi) is 9.83. The number of carbonyl (C=O) groups is 5. The zero-order valence-electron chi connectivity index (χ0n) is 25.8. The first-order chi connectivity index (χ1) is 19.4. The number of fused-ring (bicyclic) bond motifs is 3. The molecule has 0 spiro atoms. The average molecular weight is 597 g/mol. The minimum Gasteiger partial charge on any atom is -0.462 e. The summed E-state index contributed by atoms with van der Waals surface area (Å²) in [5.41, 5.74) is -1.32. The Morgan fingerprint density at radius 1 is 0.786 bits per heavy atom. The highest BCUT2D eigenvalue weighted by molar-refractivity contribution is 5.69. The summed E-state index contributed by atoms with van der Waals surface area (Å²) in [6.07, 6.45) is -6.68. The van der Waals surface area contributed by atoms with E-state index in [2.05, 4.69) is 0 Å². The highest BCUT2D eigenvalue weighted by atomic mass is 16.6. The van der Waals surface area contributed by atoms with Gasteiger partial charge in [0, 0.05) is 70.8 Å². The van der Waals surface area contributed by atoms with Gasteiger partial charge in [-0.15, -0.1) is 0 Å². The van der Waals surface area contributed by atoms with Gasteiger partial charge in [-0.25, -0.2) is 0 Å². The van der Waals surface area contributed by atoms with E-state index in [9.17, 15) is 34.2 Å². The maximum atomic E-state index is 12.7. The van der Waals surface area contributed by atoms with E-state index in [1.165, 1.54) is 34.6 Å². The van der Waals surface area contributed by atoms with Gasteiger partial charge < -0.3 is 33.9 Å². The number of aliphatic hydroxyl groups is 2. The summed E-state index contributed by atoms with van der Waals surface area (Å²) < 4.78 is 29.2. The molecule has 2 N–H and O–H groups in total. The summed E-state index contributed by atoms with van der Waals surface area (Å²) in [5.74, 6) is -5.72. The maximum Gasteiger partial charge on any atom is 0.303 e. The van der Waals surface area contributed by atoms with Gasteiger partial charge in [-0.1, -0.05) is 20.8 Å². The molecule has 3 aliphatic carbocycles. The first-order valence-electron chi connectivity index (χ1n) is 14.2. The zero-order chi connectivity index (χ0) is 31.9. The third-order valence-corrected chi connectivity index (χ3v) is 9.47. The van der Waals surface area contributed by atoms with E-state index in [1.54, 1.807) is 13.8 Å². The molecular weight excluding hydrogens is 552 g/mol. The Bertz CT molecular complexity index is 1140. The van der Waals surface area contributed by atoms with E-state index in [0.717, 1.165) is 0 Å². The van der Waals surface area contributed by atoms with Gasteiger partial charge in [0.2, 0.25) is 0 Å². The molecule has 3 rings (SSSR count). The molecule has 0 aliphatic heterocycles. The molecule has 0 aromatic heterocycles. The van der Waals surface area contributed by atoms with Crippen molar-refractivity contribution >= 4 is 29.8 Å². The molecule has 2 saturated carbocycles. The molecule has 0 saturated heterocycles. The van der Waals surface area contributed by atoms with Crippen LogP contribution in [-0.2, 0) is 47.7 Å². The lowest BCUT2D eigenvalue weighted by molar-refractivity contribution is -0.254. The standard InChI is InChI=1S/C30H44O12/c1-13-21(38-14(2)32)10-20-26(40-16(4)34)25-19(12-31)22(39-15(3)33)11-23(37)30(25,9)28(42-18(6)36)27(41-17(5)35)24(13)29(20,7)8/h19-23,25-28,31,37H,10-12H2,1-9H3. The number of aliphatic hydroxyl groups excluding tert-OH is 2. The zero-order valence-corrected chi connectivity index (χ0v) is 25.8. The summed E-state index contributed by atoms with van der Waals surface area (Å²) in [6, 6.07) is 0. The van der Waals surface area contributed by atoms with E-state index < -0.39 is 102 Å². The lowest BCUT2D eigenvalue weighted by Crippen LogP contribution is -2.70. The molecule has 0 heterocycles. The highest BCUT2D eigenvalue weighted by Crippen LogP contribution is 2.61. The summed E-state index contributed by atoms with van der Waals surface area (Å²) in [4.78, 5) is 62.3. The Morgan fingerprint density at radius 3 is 1.79 bits per heavy atom. The fraction of sp³-hybridized carbons (Fsp3) is 0.767. The summed E-state index contributed by atoms with van der Waals surface area (Å²) in [5, 5.41) is 22.7. The molecular formula is C30H44O12. The normalized spacial score (nSPS) is 37.3. The number of hydrogen-bond acceptors (Lipinski definition) is 12. The van der Waals surface area contributed by atoms with Gasteiger partial charge in [0.1, 0.15) is 18.3 Å². The number of esters is 5. The quantitative estimate of drug-likeness (QED) is 0.260. The summed E-state index contributed by atoms with van der Waals surface area (Å²) >= 11 is 0. The van der Waals surface area contributed by atoms with E-state index in [1.807, 2.05) is 13.8 Å². The van der Waals surface area contributed by atoms with E-state index in [4.69, 9.17) is 23.7 Å². The molecule has 236 valence electrons. The molecule has 3 aliphatic rings. The van der Waals surface area contributed by atoms with Crippen molar-refractivity contribution in [1.82, 2.24) is 0 Å². The lowest BCUT2D eigenvalue weighted by atomic mass is 9.47. The molecule has 0 radical (unpaired) electrons. The second kappa shape index (κ2) is 12.3. The van der Waals surface area contributed by atoms with Crippen molar-refractivity contribution in [2.24, 2.45) is 28.6 Å². The molecule has 12 heteroatoms. The van der Waals surface area contributed by atoms with Crippen LogP contribution in [0.4, 0.5) is 0 Å². The smallest absolute Gasteiger partial charge is 0.303 e. The maximum absolute atomic E-state index is 12.7. The van der Waals surface area contributed by atoms with Gasteiger partial charge in [-0.2, -0.15) is 0 Å². The van der Waals surface area contributed by atoms with Crippen LogP contribution in [0.3, 0.4) is 0 Å². The fourth-order valence-corrected chi connectivity index (χ4v) is 7.92. The van der Waals surface area contributed by atoms with Crippen LogP contribution >= 0.6 is 0 Å². The fourth-order valence-electron chi connectivity index (χ4n) is 7.92. The van der Waals surface area contributed by atoms with Gasteiger partial charge in [-0.05, 0) is 29.9 Å². The number of hydrogen-bond donors (Lipinski definition) is 2. The molecule has 0 amide bonds. The van der Waals surface area contributed by atoms with Crippen LogP contribution in [0.15, 0.2) is 11.1 Å². The van der Waals surface area contributed by atoms with Gasteiger partial charge in [0.15, 0.2) is 12.2 Å². The van der Waals surface area contributed by atoms with E-state index in [-0.39, 0.29) is 12.8 Å². The third kappa shape index (κ3) is 6.06. The minimum absolute atomic E-state index is 0.128. The van der Waals surface area contributed by atoms with Crippen molar-refractivity contribution < 1.29 is 57.9 Å². The number of ether oxygens (including phenoxy) is 5. The number of rotatable bonds is 6. The van der Waals surface area contributed by atoms with Crippen LogP contribution in [0, 0.1) is 28.6 Å². The molecule has 2 fully saturated rings. The molecule has 0 aromatic rings. The monoisotopic (exact) mass is 596 g/mol. The Hall–Kier alpha value is -2.99. The second-order valence-corrected chi connectivity index (χ2v) is 12.5. The average Bonchev–Trinajstić information content (AvgIpc) is 2.82. The lowest BCUT2D eigenvalue weighted by Gasteiger charge is -2.62. The highest BCUT2D eigenvalue weighted by Gasteiger charge is 2.68. The van der Waals surface area contributed by atoms with Crippen LogP contribution in [0.25, 0.3) is 0 Å². The third-order valence-electron chi connectivity index (χ3n) is 9.47. The van der Waals surface area contributed by atoms with E-state index in [0.29, 0.717) is 11.1 Å². The molecule has 2 bridgehead atoms. The van der Waals surface area contributed by atoms with Gasteiger partial charge >= 0.3 is 29.8 Å². The van der Waals surface area contributed by atoms with Crippen LogP contribution in [0.5, 0.6) is 0 Å². The Balaban J connectivity index is 2.49. The minimum atomic E-state index is -1.50. The Labute approximate surface area is 246 Å². The molecule has 42 heavy (non-hydrogen) atoms. The predicted molar refractivity (Wildman–Crippen MR) is 145 cm³/mol. The van der Waals surface area contributed by atoms with Crippen LogP contribution < -0.4 is 0 Å². The first-order valence-corrected chi connectivity index (χ1v) is 14.2. The summed E-state index contributed by atoms with van der Waals surface area (Å²) in [6.45, 7) is 12.7. The van der Waals surface area contributed by atoms with Gasteiger partial charge in [0.25, 0.3) is 0 Å². The van der Waals surface area contributed by atoms with Crippen molar-refractivity contribution in [3.8, 4) is 0 Å². The van der Waals surface area contributed by atoms with Crippen molar-refractivity contribution in [2.75, 3.05) is 6.61 Å². The van der Waals surface area contributed by atoms with Crippen LogP contribution in [-0.4, -0.2) is 83.3 Å². The van der Waals surface area contributed by atoms with Crippen molar-refractivity contribution in [3.63, 3.8) is 0 Å². The molecule has 10 unspecified atom stereocenters. The predicted octanol–water partition coefficient (Wildman–Crippen LogP) is 2.02. The topological polar surface area (TPSA) is 172 Å². The first kappa shape index (κ1) is 33.5. The summed E-state index contributed by atoms with van der Waals surface area (Å²) in [7, 11) is 0. The molecule has 0 aromatic carbocycles. The van der Waals surface area contributed by atoms with Crippen LogP contribution in [0.2, 0.25) is 0 Å². The Morgan fingerprint density at radius 2 is 1.31 bits per heavy atom. The van der Waals surface area contributed by atoms with Gasteiger partial charge in [-0.3, -0.25) is 24.0 Å². The molecule has 10 atom stereocenters. The van der Waals surface area contributed by atoms with Crippen LogP contribution in [0.1, 0.15) is 75.2 Å². The van der Waals surface area contributed by atoms with Gasteiger partial charge in [0.05, 0.1) is 6.10 Å². The molecule has 12 nitrogen and oxygen atoms in total. The number of carbonyl (C=O) groups excluding carboxylic acids is 5. The second-order valence-electron chi connectivity index (χ2n) is 12.5. The SMILES string of the molecule is CC(=O)OC1CC2C(OC(C)=O)C3C(CO)C(OC(C)=O)CC(O)C3(C)C(OC(C)=O)C(OC(C)=O)C(=C1C)C2(C)C.